The zero-order valence-electron chi connectivity index (χ0n) is 7.04. The molecule has 0 radical (unpaired) electrons. The number of rotatable bonds is 4. The van der Waals surface area contributed by atoms with E-state index in [-0.39, 0.29) is 13.0 Å². The molecule has 0 aromatic rings. The lowest BCUT2D eigenvalue weighted by Gasteiger charge is -1.86. The SMILES string of the molecule is CCOCC.O=C(O)CCO. The van der Waals surface area contributed by atoms with E-state index in [0.717, 1.165) is 13.2 Å². The Labute approximate surface area is 66.8 Å². The standard InChI is InChI=1S/C4H10O.C3H6O3/c1-3-5-4-2;4-2-1-3(5)6/h3-4H2,1-2H3;4H,1-2H2,(H,5,6). The van der Waals surface area contributed by atoms with Gasteiger partial charge >= 0.3 is 5.97 Å². The van der Waals surface area contributed by atoms with Gasteiger partial charge in [0.25, 0.3) is 0 Å². The van der Waals surface area contributed by atoms with Crippen molar-refractivity contribution in [1.82, 2.24) is 0 Å². The van der Waals surface area contributed by atoms with E-state index in [1.807, 2.05) is 13.8 Å². The molecule has 2 N–H and O–H groups in total. The van der Waals surface area contributed by atoms with Crippen molar-refractivity contribution in [3.05, 3.63) is 0 Å². The van der Waals surface area contributed by atoms with Gasteiger partial charge in [0.05, 0.1) is 13.0 Å². The lowest BCUT2D eigenvalue weighted by atomic mass is 10.5. The number of aliphatic hydroxyl groups excluding tert-OH is 1. The maximum atomic E-state index is 9.44. The Balaban J connectivity index is 0. The normalized spacial score (nSPS) is 8.27. The molecule has 0 rings (SSSR count). The van der Waals surface area contributed by atoms with Crippen LogP contribution in [0.15, 0.2) is 0 Å². The van der Waals surface area contributed by atoms with E-state index in [1.165, 1.54) is 0 Å². The van der Waals surface area contributed by atoms with Gasteiger partial charge in [0.15, 0.2) is 0 Å². The van der Waals surface area contributed by atoms with Gasteiger partial charge < -0.3 is 14.9 Å². The minimum atomic E-state index is -0.961. The summed E-state index contributed by atoms with van der Waals surface area (Å²) >= 11 is 0. The molecule has 0 amide bonds. The lowest BCUT2D eigenvalue weighted by molar-refractivity contribution is -0.137. The zero-order chi connectivity index (χ0) is 9.11. The molecule has 0 saturated carbocycles. The first kappa shape index (κ1) is 13.0. The molecule has 0 saturated heterocycles. The molecule has 0 atom stereocenters. The van der Waals surface area contributed by atoms with Crippen molar-refractivity contribution in [3.8, 4) is 0 Å². The number of carboxylic acids is 1. The molecule has 0 spiro atoms. The van der Waals surface area contributed by atoms with E-state index in [0.29, 0.717) is 0 Å². The van der Waals surface area contributed by atoms with Crippen LogP contribution in [-0.4, -0.2) is 36.0 Å². The highest BCUT2D eigenvalue weighted by molar-refractivity contribution is 5.66. The molecule has 68 valence electrons. The average Bonchev–Trinajstić information content (AvgIpc) is 1.90. The van der Waals surface area contributed by atoms with Crippen molar-refractivity contribution in [3.63, 3.8) is 0 Å². The third-order valence-corrected chi connectivity index (χ3v) is 0.734. The minimum absolute atomic E-state index is 0.153. The summed E-state index contributed by atoms with van der Waals surface area (Å²) in [7, 11) is 0. The van der Waals surface area contributed by atoms with Gasteiger partial charge in [-0.25, -0.2) is 0 Å². The summed E-state index contributed by atoms with van der Waals surface area (Å²) in [4.78, 5) is 9.44. The number of hydrogen-bond donors (Lipinski definition) is 2. The third-order valence-electron chi connectivity index (χ3n) is 0.734. The van der Waals surface area contributed by atoms with Crippen LogP contribution in [0, 0.1) is 0 Å². The van der Waals surface area contributed by atoms with Gasteiger partial charge in [-0.2, -0.15) is 0 Å². The topological polar surface area (TPSA) is 66.8 Å². The summed E-state index contributed by atoms with van der Waals surface area (Å²) in [5, 5.41) is 15.6. The largest absolute Gasteiger partial charge is 0.481 e. The minimum Gasteiger partial charge on any atom is -0.481 e. The third kappa shape index (κ3) is 26.6. The number of aliphatic carboxylic acids is 1. The Hall–Kier alpha value is -0.610. The molecule has 0 aliphatic carbocycles. The number of hydrogen-bond acceptors (Lipinski definition) is 3. The molecule has 0 bridgehead atoms. The Morgan fingerprint density at radius 2 is 1.82 bits per heavy atom. The molecule has 0 unspecified atom stereocenters. The monoisotopic (exact) mass is 164 g/mol. The van der Waals surface area contributed by atoms with Crippen molar-refractivity contribution >= 4 is 5.97 Å². The molecular formula is C7H16O4. The van der Waals surface area contributed by atoms with Gasteiger partial charge in [0.2, 0.25) is 0 Å². The molecule has 0 aromatic carbocycles. The summed E-state index contributed by atoms with van der Waals surface area (Å²) in [5.41, 5.74) is 0. The zero-order valence-corrected chi connectivity index (χ0v) is 7.04. The molecular weight excluding hydrogens is 148 g/mol. The number of aliphatic hydroxyl groups is 1. The van der Waals surface area contributed by atoms with Crippen molar-refractivity contribution in [2.75, 3.05) is 19.8 Å². The van der Waals surface area contributed by atoms with Gasteiger partial charge in [-0.3, -0.25) is 4.79 Å². The van der Waals surface area contributed by atoms with Crippen LogP contribution in [0.3, 0.4) is 0 Å². The van der Waals surface area contributed by atoms with Crippen molar-refractivity contribution in [1.29, 1.82) is 0 Å². The van der Waals surface area contributed by atoms with Crippen molar-refractivity contribution < 1.29 is 19.7 Å². The van der Waals surface area contributed by atoms with E-state index in [2.05, 4.69) is 0 Å². The first-order valence-electron chi connectivity index (χ1n) is 3.59. The average molecular weight is 164 g/mol. The van der Waals surface area contributed by atoms with Crippen LogP contribution in [0.4, 0.5) is 0 Å². The molecule has 0 aliphatic heterocycles. The maximum absolute atomic E-state index is 9.44. The Morgan fingerprint density at radius 1 is 1.36 bits per heavy atom. The van der Waals surface area contributed by atoms with E-state index in [4.69, 9.17) is 14.9 Å². The van der Waals surface area contributed by atoms with Gasteiger partial charge in [-0.15, -0.1) is 0 Å². The van der Waals surface area contributed by atoms with E-state index in [1.54, 1.807) is 0 Å². The highest BCUT2D eigenvalue weighted by Crippen LogP contribution is 1.70. The molecule has 0 fully saturated rings. The van der Waals surface area contributed by atoms with Crippen LogP contribution < -0.4 is 0 Å². The lowest BCUT2D eigenvalue weighted by Crippen LogP contribution is -1.96. The van der Waals surface area contributed by atoms with Gasteiger partial charge in [0.1, 0.15) is 0 Å². The number of ether oxygens (including phenoxy) is 1. The molecule has 0 heterocycles. The van der Waals surface area contributed by atoms with Gasteiger partial charge in [0, 0.05) is 13.2 Å². The fourth-order valence-electron chi connectivity index (χ4n) is 0.300. The summed E-state index contributed by atoms with van der Waals surface area (Å²) < 4.78 is 4.83. The Morgan fingerprint density at radius 3 is 1.82 bits per heavy atom. The molecule has 0 aliphatic rings. The predicted octanol–water partition coefficient (Wildman–Crippen LogP) is 0.496. The summed E-state index contributed by atoms with van der Waals surface area (Å²) in [6.07, 6.45) is -0.153. The highest BCUT2D eigenvalue weighted by atomic mass is 16.5. The highest BCUT2D eigenvalue weighted by Gasteiger charge is 1.88. The second kappa shape index (κ2) is 12.1. The fourth-order valence-corrected chi connectivity index (χ4v) is 0.300. The molecule has 4 nitrogen and oxygen atoms in total. The van der Waals surface area contributed by atoms with Crippen LogP contribution in [0.1, 0.15) is 20.3 Å². The fraction of sp³-hybridized carbons (Fsp3) is 0.857. The van der Waals surface area contributed by atoms with Crippen molar-refractivity contribution in [2.24, 2.45) is 0 Å². The Kier molecular flexibility index (Phi) is 14.3. The van der Waals surface area contributed by atoms with Crippen LogP contribution in [0.5, 0.6) is 0 Å². The molecule has 0 aromatic heterocycles. The second-order valence-electron chi connectivity index (χ2n) is 1.65. The van der Waals surface area contributed by atoms with Crippen LogP contribution >= 0.6 is 0 Å². The number of carboxylic acid groups (broad SMARTS) is 1. The molecule has 4 heteroatoms. The van der Waals surface area contributed by atoms with Crippen LogP contribution in [-0.2, 0) is 9.53 Å². The van der Waals surface area contributed by atoms with E-state index < -0.39 is 5.97 Å². The van der Waals surface area contributed by atoms with Crippen molar-refractivity contribution in [2.45, 2.75) is 20.3 Å². The van der Waals surface area contributed by atoms with Gasteiger partial charge in [-0.05, 0) is 13.8 Å². The Bertz CT molecular complexity index is 80.5. The first-order chi connectivity index (χ1) is 5.18. The first-order valence-corrected chi connectivity index (χ1v) is 3.59. The smallest absolute Gasteiger partial charge is 0.305 e. The van der Waals surface area contributed by atoms with Crippen LogP contribution in [0.2, 0.25) is 0 Å². The second-order valence-corrected chi connectivity index (χ2v) is 1.65. The summed E-state index contributed by atoms with van der Waals surface area (Å²) in [5.74, 6) is -0.961. The van der Waals surface area contributed by atoms with Crippen LogP contribution in [0.25, 0.3) is 0 Å². The molecule has 11 heavy (non-hydrogen) atoms. The van der Waals surface area contributed by atoms with E-state index in [9.17, 15) is 4.79 Å². The van der Waals surface area contributed by atoms with Gasteiger partial charge in [-0.1, -0.05) is 0 Å². The number of carbonyl (C=O) groups is 1. The maximum Gasteiger partial charge on any atom is 0.305 e. The summed E-state index contributed by atoms with van der Waals surface area (Å²) in [6, 6.07) is 0. The predicted molar refractivity (Wildman–Crippen MR) is 41.5 cm³/mol. The quantitative estimate of drug-likeness (QED) is 0.634. The van der Waals surface area contributed by atoms with E-state index >= 15 is 0 Å². The summed E-state index contributed by atoms with van der Waals surface area (Å²) in [6.45, 7) is 5.40.